The predicted molar refractivity (Wildman–Crippen MR) is 180 cm³/mol. The summed E-state index contributed by atoms with van der Waals surface area (Å²) in [6.45, 7) is 2.50. The number of rotatable bonds is 15. The number of hydrogen-bond donors (Lipinski definition) is 1. The molecule has 0 bridgehead atoms. The van der Waals surface area contributed by atoms with E-state index in [1.54, 1.807) is 41.3 Å². The highest BCUT2D eigenvalue weighted by molar-refractivity contribution is 7.92. The maximum Gasteiger partial charge on any atom is 0.243 e. The van der Waals surface area contributed by atoms with Gasteiger partial charge in [0.15, 0.2) is 0 Å². The largest absolute Gasteiger partial charge is 0.492 e. The first-order valence-electron chi connectivity index (χ1n) is 15.7. The number of para-hydroxylation sites is 2. The molecule has 2 amide bonds. The number of carbonyl (C=O) groups excluding carboxylic acids is 2. The zero-order chi connectivity index (χ0) is 32.2. The smallest absolute Gasteiger partial charge is 0.243 e. The summed E-state index contributed by atoms with van der Waals surface area (Å²) in [5.74, 6) is 0.0485. The number of ether oxygens (including phenoxy) is 1. The molecule has 3 aromatic rings. The molecule has 0 aromatic heterocycles. The van der Waals surface area contributed by atoms with Gasteiger partial charge in [0.1, 0.15) is 11.8 Å². The topological polar surface area (TPSA) is 96.0 Å². The Kier molecular flexibility index (Phi) is 12.7. The Balaban J connectivity index is 1.60. The molecule has 1 fully saturated rings. The van der Waals surface area contributed by atoms with Crippen LogP contribution < -0.4 is 14.4 Å². The van der Waals surface area contributed by atoms with Crippen molar-refractivity contribution in [1.82, 2.24) is 10.2 Å². The molecule has 0 aliphatic heterocycles. The molecule has 1 atom stereocenters. The van der Waals surface area contributed by atoms with E-state index in [1.807, 2.05) is 49.4 Å². The molecule has 1 aliphatic carbocycles. The molecule has 8 nitrogen and oxygen atoms in total. The number of carbonyl (C=O) groups is 2. The van der Waals surface area contributed by atoms with Crippen molar-refractivity contribution in [2.75, 3.05) is 23.7 Å². The van der Waals surface area contributed by atoms with Gasteiger partial charge in [-0.15, -0.1) is 0 Å². The van der Waals surface area contributed by atoms with Crippen LogP contribution in [0.25, 0.3) is 0 Å². The minimum atomic E-state index is -3.67. The first-order valence-corrected chi connectivity index (χ1v) is 18.0. The van der Waals surface area contributed by atoms with Crippen molar-refractivity contribution in [2.45, 2.75) is 76.9 Å². The molecule has 0 heterocycles. The van der Waals surface area contributed by atoms with E-state index in [4.69, 9.17) is 16.3 Å². The Morgan fingerprint density at radius 2 is 1.64 bits per heavy atom. The summed E-state index contributed by atoms with van der Waals surface area (Å²) < 4.78 is 32.7. The second-order valence-corrected chi connectivity index (χ2v) is 13.9. The lowest BCUT2D eigenvalue weighted by Crippen LogP contribution is -2.52. The number of anilines is 1. The number of amides is 2. The summed E-state index contributed by atoms with van der Waals surface area (Å²) in [5, 5.41) is 3.79. The van der Waals surface area contributed by atoms with Crippen LogP contribution in [0.3, 0.4) is 0 Å². The van der Waals surface area contributed by atoms with Crippen LogP contribution in [0.15, 0.2) is 78.9 Å². The van der Waals surface area contributed by atoms with Crippen LogP contribution in [0.2, 0.25) is 5.02 Å². The Bertz CT molecular complexity index is 1510. The maximum absolute atomic E-state index is 14.1. The van der Waals surface area contributed by atoms with Gasteiger partial charge in [0.2, 0.25) is 21.8 Å². The third-order valence-corrected chi connectivity index (χ3v) is 9.47. The molecule has 1 aliphatic rings. The number of hydrogen-bond acceptors (Lipinski definition) is 5. The summed E-state index contributed by atoms with van der Waals surface area (Å²) in [7, 11) is -3.67. The third kappa shape index (κ3) is 10.2. The first kappa shape index (κ1) is 34.3. The van der Waals surface area contributed by atoms with Crippen LogP contribution in [0.1, 0.15) is 63.0 Å². The van der Waals surface area contributed by atoms with Gasteiger partial charge in [0, 0.05) is 37.0 Å². The van der Waals surface area contributed by atoms with E-state index in [-0.39, 0.29) is 43.8 Å². The highest BCUT2D eigenvalue weighted by atomic mass is 35.5. The van der Waals surface area contributed by atoms with Crippen LogP contribution in [0, 0.1) is 0 Å². The number of halogens is 1. The fourth-order valence-corrected chi connectivity index (χ4v) is 7.04. The fraction of sp³-hybridized carbons (Fsp3) is 0.429. The Morgan fingerprint density at radius 1 is 0.956 bits per heavy atom. The van der Waals surface area contributed by atoms with Crippen molar-refractivity contribution in [1.29, 1.82) is 0 Å². The average Bonchev–Trinajstić information content (AvgIpc) is 3.02. The quantitative estimate of drug-likeness (QED) is 0.206. The highest BCUT2D eigenvalue weighted by Crippen LogP contribution is 2.30. The Morgan fingerprint density at radius 3 is 2.33 bits per heavy atom. The SMILES string of the molecule is CCOc1ccccc1N(CCCC(=O)N(Cc1cccc(Cl)c1)[C@@H](Cc1ccccc1)C(=O)NC1CCCCC1)S(C)(=O)=O. The Labute approximate surface area is 272 Å². The van der Waals surface area contributed by atoms with E-state index >= 15 is 0 Å². The maximum atomic E-state index is 14.1. The molecule has 1 N–H and O–H groups in total. The minimum absolute atomic E-state index is 0.0470. The van der Waals surface area contributed by atoms with Crippen molar-refractivity contribution < 1.29 is 22.7 Å². The van der Waals surface area contributed by atoms with E-state index in [0.29, 0.717) is 29.5 Å². The summed E-state index contributed by atoms with van der Waals surface area (Å²) >= 11 is 6.31. The predicted octanol–water partition coefficient (Wildman–Crippen LogP) is 6.37. The zero-order valence-electron chi connectivity index (χ0n) is 26.2. The molecule has 0 unspecified atom stereocenters. The van der Waals surface area contributed by atoms with Gasteiger partial charge in [-0.1, -0.05) is 85.5 Å². The lowest BCUT2D eigenvalue weighted by molar-refractivity contribution is -0.141. The van der Waals surface area contributed by atoms with E-state index in [1.165, 1.54) is 10.7 Å². The third-order valence-electron chi connectivity index (χ3n) is 8.05. The van der Waals surface area contributed by atoms with Crippen molar-refractivity contribution in [3.8, 4) is 5.75 Å². The van der Waals surface area contributed by atoms with Gasteiger partial charge in [-0.3, -0.25) is 13.9 Å². The summed E-state index contributed by atoms with van der Waals surface area (Å²) in [6.07, 6.45) is 6.96. The first-order chi connectivity index (χ1) is 21.7. The van der Waals surface area contributed by atoms with Crippen LogP contribution in [0.4, 0.5) is 5.69 Å². The monoisotopic (exact) mass is 653 g/mol. The fourth-order valence-electron chi connectivity index (χ4n) is 5.85. The molecular weight excluding hydrogens is 610 g/mol. The van der Waals surface area contributed by atoms with Crippen LogP contribution in [0.5, 0.6) is 5.75 Å². The average molecular weight is 654 g/mol. The molecule has 0 saturated heterocycles. The number of nitrogens with zero attached hydrogens (tertiary/aromatic N) is 2. The molecule has 0 radical (unpaired) electrons. The molecule has 242 valence electrons. The van der Waals surface area contributed by atoms with Gasteiger partial charge in [-0.25, -0.2) is 8.42 Å². The normalized spacial score (nSPS) is 14.4. The van der Waals surface area contributed by atoms with Crippen molar-refractivity contribution in [3.05, 3.63) is 95.0 Å². The molecule has 10 heteroatoms. The zero-order valence-corrected chi connectivity index (χ0v) is 27.7. The van der Waals surface area contributed by atoms with Crippen LogP contribution in [-0.4, -0.2) is 56.6 Å². The second kappa shape index (κ2) is 16.7. The molecule has 4 rings (SSSR count). The standard InChI is InChI=1S/C35H44ClN3O5S/c1-3-44-33-21-11-10-20-31(33)39(45(2,42)43)23-13-22-34(40)38(26-28-16-12-17-29(36)24-28)32(25-27-14-6-4-7-15-27)35(41)37-30-18-8-5-9-19-30/h4,6-7,10-12,14-17,20-21,24,30,32H,3,5,8-9,13,18-19,22-23,25-26H2,1-2H3,(H,37,41)/t32-/m0/s1. The van der Waals surface area contributed by atoms with E-state index in [9.17, 15) is 18.0 Å². The van der Waals surface area contributed by atoms with Gasteiger partial charge in [-0.05, 0) is 61.6 Å². The molecule has 0 spiro atoms. The van der Waals surface area contributed by atoms with Gasteiger partial charge < -0.3 is 15.0 Å². The molecular formula is C35H44ClN3O5S. The van der Waals surface area contributed by atoms with Crippen molar-refractivity contribution in [3.63, 3.8) is 0 Å². The van der Waals surface area contributed by atoms with Gasteiger partial charge in [-0.2, -0.15) is 0 Å². The van der Waals surface area contributed by atoms with Gasteiger partial charge in [0.25, 0.3) is 0 Å². The second-order valence-electron chi connectivity index (χ2n) is 11.5. The highest BCUT2D eigenvalue weighted by Gasteiger charge is 2.32. The molecule has 45 heavy (non-hydrogen) atoms. The van der Waals surface area contributed by atoms with E-state index in [2.05, 4.69) is 5.32 Å². The Hall–Kier alpha value is -3.56. The number of benzene rings is 3. The van der Waals surface area contributed by atoms with Gasteiger partial charge in [0.05, 0.1) is 18.6 Å². The minimum Gasteiger partial charge on any atom is -0.492 e. The van der Waals surface area contributed by atoms with Crippen LogP contribution in [-0.2, 0) is 32.6 Å². The van der Waals surface area contributed by atoms with E-state index in [0.717, 1.165) is 43.1 Å². The van der Waals surface area contributed by atoms with E-state index < -0.39 is 16.1 Å². The summed E-state index contributed by atoms with van der Waals surface area (Å²) in [4.78, 5) is 29.7. The van der Waals surface area contributed by atoms with Crippen LogP contribution >= 0.6 is 11.6 Å². The molecule has 1 saturated carbocycles. The van der Waals surface area contributed by atoms with Gasteiger partial charge >= 0.3 is 0 Å². The summed E-state index contributed by atoms with van der Waals surface area (Å²) in [6, 6.07) is 23.3. The summed E-state index contributed by atoms with van der Waals surface area (Å²) in [5.41, 5.74) is 2.18. The van der Waals surface area contributed by atoms with Crippen molar-refractivity contribution >= 4 is 39.1 Å². The lowest BCUT2D eigenvalue weighted by atomic mass is 9.94. The number of nitrogens with one attached hydrogen (secondary N) is 1. The van der Waals surface area contributed by atoms with Crippen molar-refractivity contribution in [2.24, 2.45) is 0 Å². The number of sulfonamides is 1. The molecule has 3 aromatic carbocycles. The lowest BCUT2D eigenvalue weighted by Gasteiger charge is -2.34.